The molecule has 1 saturated carbocycles. The van der Waals surface area contributed by atoms with Crippen molar-refractivity contribution < 1.29 is 0 Å². The zero-order chi connectivity index (χ0) is 13.0. The summed E-state index contributed by atoms with van der Waals surface area (Å²) in [5, 5.41) is 0. The van der Waals surface area contributed by atoms with Crippen molar-refractivity contribution in [2.24, 2.45) is 5.92 Å². The lowest BCUT2D eigenvalue weighted by molar-refractivity contribution is 0.172. The molecule has 0 atom stereocenters. The first-order chi connectivity index (χ1) is 8.65. The Morgan fingerprint density at radius 3 is 2.33 bits per heavy atom. The summed E-state index contributed by atoms with van der Waals surface area (Å²) in [7, 11) is 2.28. The van der Waals surface area contributed by atoms with E-state index in [2.05, 4.69) is 31.0 Å². The Bertz CT molecular complexity index is 350. The molecule has 100 valence electrons. The number of hydrogen-bond donors (Lipinski definition) is 1. The topological polar surface area (TPSA) is 29.3 Å². The van der Waals surface area contributed by atoms with Crippen molar-refractivity contribution in [2.75, 3.05) is 19.3 Å². The van der Waals surface area contributed by atoms with Gasteiger partial charge in [-0.1, -0.05) is 19.1 Å². The number of rotatable bonds is 4. The molecule has 1 fully saturated rings. The van der Waals surface area contributed by atoms with Crippen LogP contribution in [0.2, 0.25) is 0 Å². The van der Waals surface area contributed by atoms with E-state index in [0.717, 1.165) is 30.6 Å². The van der Waals surface area contributed by atoms with Crippen LogP contribution in [0.4, 0.5) is 5.69 Å². The van der Waals surface area contributed by atoms with Crippen molar-refractivity contribution in [1.82, 2.24) is 4.90 Å². The fraction of sp³-hybridized carbons (Fsp3) is 0.625. The largest absolute Gasteiger partial charge is 0.399 e. The minimum absolute atomic E-state index is 0.801. The van der Waals surface area contributed by atoms with Gasteiger partial charge in [0.15, 0.2) is 0 Å². The van der Waals surface area contributed by atoms with Crippen molar-refractivity contribution in [3.8, 4) is 0 Å². The normalized spacial score (nSPS) is 24.4. The molecule has 0 saturated heterocycles. The maximum absolute atomic E-state index is 5.70. The highest BCUT2D eigenvalue weighted by Gasteiger charge is 2.21. The predicted molar refractivity (Wildman–Crippen MR) is 78.6 cm³/mol. The van der Waals surface area contributed by atoms with Gasteiger partial charge in [0.1, 0.15) is 0 Å². The molecule has 0 aromatic heterocycles. The third-order valence-electron chi connectivity index (χ3n) is 4.34. The number of benzene rings is 1. The molecule has 0 bridgehead atoms. The van der Waals surface area contributed by atoms with Crippen LogP contribution in [0, 0.1) is 5.92 Å². The molecule has 1 aliphatic carbocycles. The second-order valence-electron chi connectivity index (χ2n) is 5.89. The lowest BCUT2D eigenvalue weighted by Crippen LogP contribution is -2.36. The Balaban J connectivity index is 1.77. The smallest absolute Gasteiger partial charge is 0.0314 e. The SMILES string of the molecule is CC1CCC(N(C)CCc2ccc(N)cc2)CC1. The van der Waals surface area contributed by atoms with E-state index in [1.54, 1.807) is 0 Å². The first-order valence-electron chi connectivity index (χ1n) is 7.20. The molecular weight excluding hydrogens is 220 g/mol. The second-order valence-corrected chi connectivity index (χ2v) is 5.89. The van der Waals surface area contributed by atoms with E-state index in [1.165, 1.54) is 31.2 Å². The highest BCUT2D eigenvalue weighted by Crippen LogP contribution is 2.26. The van der Waals surface area contributed by atoms with Gasteiger partial charge in [-0.2, -0.15) is 0 Å². The molecule has 0 amide bonds. The maximum atomic E-state index is 5.70. The van der Waals surface area contributed by atoms with Crippen molar-refractivity contribution in [2.45, 2.75) is 45.1 Å². The Labute approximate surface area is 111 Å². The van der Waals surface area contributed by atoms with E-state index in [1.807, 2.05) is 12.1 Å². The zero-order valence-electron chi connectivity index (χ0n) is 11.7. The van der Waals surface area contributed by atoms with Gasteiger partial charge in [-0.15, -0.1) is 0 Å². The van der Waals surface area contributed by atoms with Crippen LogP contribution in [0.1, 0.15) is 38.2 Å². The molecule has 0 radical (unpaired) electrons. The summed E-state index contributed by atoms with van der Waals surface area (Å²) >= 11 is 0. The number of nitrogens with two attached hydrogens (primary N) is 1. The summed E-state index contributed by atoms with van der Waals surface area (Å²) in [5.74, 6) is 0.937. The summed E-state index contributed by atoms with van der Waals surface area (Å²) in [6.45, 7) is 3.54. The quantitative estimate of drug-likeness (QED) is 0.826. The van der Waals surface area contributed by atoms with Crippen LogP contribution >= 0.6 is 0 Å². The van der Waals surface area contributed by atoms with Gasteiger partial charge in [-0.05, 0) is 62.8 Å². The molecule has 1 aromatic carbocycles. The Hall–Kier alpha value is -1.02. The van der Waals surface area contributed by atoms with Crippen molar-refractivity contribution >= 4 is 5.69 Å². The lowest BCUT2D eigenvalue weighted by Gasteiger charge is -2.33. The van der Waals surface area contributed by atoms with Gasteiger partial charge in [0.2, 0.25) is 0 Å². The highest BCUT2D eigenvalue weighted by molar-refractivity contribution is 5.39. The minimum atomic E-state index is 0.801. The average molecular weight is 246 g/mol. The van der Waals surface area contributed by atoms with E-state index in [-0.39, 0.29) is 0 Å². The van der Waals surface area contributed by atoms with E-state index in [0.29, 0.717) is 0 Å². The summed E-state index contributed by atoms with van der Waals surface area (Å²) < 4.78 is 0. The van der Waals surface area contributed by atoms with Crippen LogP contribution in [-0.2, 0) is 6.42 Å². The summed E-state index contributed by atoms with van der Waals surface area (Å²) in [4.78, 5) is 2.54. The van der Waals surface area contributed by atoms with Crippen LogP contribution < -0.4 is 5.73 Å². The van der Waals surface area contributed by atoms with E-state index >= 15 is 0 Å². The molecule has 2 nitrogen and oxygen atoms in total. The zero-order valence-corrected chi connectivity index (χ0v) is 11.7. The monoisotopic (exact) mass is 246 g/mol. The van der Waals surface area contributed by atoms with E-state index < -0.39 is 0 Å². The van der Waals surface area contributed by atoms with Crippen LogP contribution in [0.25, 0.3) is 0 Å². The van der Waals surface area contributed by atoms with Crippen molar-refractivity contribution in [1.29, 1.82) is 0 Å². The van der Waals surface area contributed by atoms with Gasteiger partial charge in [-0.25, -0.2) is 0 Å². The molecule has 1 aromatic rings. The molecule has 0 unspecified atom stereocenters. The van der Waals surface area contributed by atoms with Gasteiger partial charge in [-0.3, -0.25) is 0 Å². The van der Waals surface area contributed by atoms with Crippen molar-refractivity contribution in [3.63, 3.8) is 0 Å². The maximum Gasteiger partial charge on any atom is 0.0314 e. The molecule has 0 heterocycles. The van der Waals surface area contributed by atoms with Crippen LogP contribution in [0.15, 0.2) is 24.3 Å². The Morgan fingerprint density at radius 2 is 1.72 bits per heavy atom. The van der Waals surface area contributed by atoms with E-state index in [9.17, 15) is 0 Å². The number of nitrogens with zero attached hydrogens (tertiary/aromatic N) is 1. The molecular formula is C16H26N2. The highest BCUT2D eigenvalue weighted by atomic mass is 15.1. The number of nitrogen functional groups attached to an aromatic ring is 1. The first kappa shape index (κ1) is 13.4. The van der Waals surface area contributed by atoms with Crippen LogP contribution in [0.5, 0.6) is 0 Å². The number of likely N-dealkylation sites (N-methyl/N-ethyl adjacent to an activating group) is 1. The number of anilines is 1. The second kappa shape index (κ2) is 6.24. The molecule has 2 N–H and O–H groups in total. The number of hydrogen-bond acceptors (Lipinski definition) is 2. The third-order valence-corrected chi connectivity index (χ3v) is 4.34. The fourth-order valence-corrected chi connectivity index (χ4v) is 2.86. The Kier molecular flexibility index (Phi) is 4.65. The molecule has 2 rings (SSSR count). The van der Waals surface area contributed by atoms with Crippen LogP contribution in [0.3, 0.4) is 0 Å². The van der Waals surface area contributed by atoms with Gasteiger partial charge in [0.25, 0.3) is 0 Å². The van der Waals surface area contributed by atoms with Crippen molar-refractivity contribution in [3.05, 3.63) is 29.8 Å². The van der Waals surface area contributed by atoms with Gasteiger partial charge in [0.05, 0.1) is 0 Å². The molecule has 1 aliphatic rings. The first-order valence-corrected chi connectivity index (χ1v) is 7.20. The standard InChI is InChI=1S/C16H26N2/c1-13-3-9-16(10-4-13)18(2)12-11-14-5-7-15(17)8-6-14/h5-8,13,16H,3-4,9-12,17H2,1-2H3. The molecule has 18 heavy (non-hydrogen) atoms. The third kappa shape index (κ3) is 3.74. The van der Waals surface area contributed by atoms with Gasteiger partial charge < -0.3 is 10.6 Å². The lowest BCUT2D eigenvalue weighted by atomic mass is 9.86. The Morgan fingerprint density at radius 1 is 1.11 bits per heavy atom. The van der Waals surface area contributed by atoms with Crippen LogP contribution in [-0.4, -0.2) is 24.5 Å². The summed E-state index contributed by atoms with van der Waals surface area (Å²) in [6, 6.07) is 9.09. The van der Waals surface area contributed by atoms with E-state index in [4.69, 9.17) is 5.73 Å². The predicted octanol–water partition coefficient (Wildman–Crippen LogP) is 3.32. The van der Waals surface area contributed by atoms with Gasteiger partial charge >= 0.3 is 0 Å². The minimum Gasteiger partial charge on any atom is -0.399 e. The molecule has 0 aliphatic heterocycles. The average Bonchev–Trinajstić information content (AvgIpc) is 2.38. The molecule has 2 heteroatoms. The summed E-state index contributed by atoms with van der Waals surface area (Å²) in [6.07, 6.45) is 6.68. The van der Waals surface area contributed by atoms with Gasteiger partial charge in [0, 0.05) is 18.3 Å². The summed E-state index contributed by atoms with van der Waals surface area (Å²) in [5.41, 5.74) is 7.95. The fourth-order valence-electron chi connectivity index (χ4n) is 2.86. The molecule has 0 spiro atoms.